The second-order valence-electron chi connectivity index (χ2n) is 5.20. The molecule has 0 N–H and O–H groups in total. The summed E-state index contributed by atoms with van der Waals surface area (Å²) in [5, 5.41) is 9.13. The van der Waals surface area contributed by atoms with E-state index in [0.29, 0.717) is 18.1 Å². The van der Waals surface area contributed by atoms with Crippen molar-refractivity contribution in [2.45, 2.75) is 31.8 Å². The molecule has 0 unspecified atom stereocenters. The van der Waals surface area contributed by atoms with Gasteiger partial charge in [0, 0.05) is 7.11 Å². The number of hydrogen-bond donors (Lipinski definition) is 0. The maximum atomic E-state index is 9.13. The van der Waals surface area contributed by atoms with Crippen molar-refractivity contribution >= 4 is 0 Å². The number of hydrogen-bond acceptors (Lipinski definition) is 3. The van der Waals surface area contributed by atoms with Crippen LogP contribution in [0.1, 0.15) is 42.0 Å². The summed E-state index contributed by atoms with van der Waals surface area (Å²) in [5.74, 6) is 0.607. The Kier molecular flexibility index (Phi) is 3.53. The lowest BCUT2D eigenvalue weighted by molar-refractivity contribution is 0.180. The Morgan fingerprint density at radius 2 is 2.30 bits per heavy atom. The highest BCUT2D eigenvalue weighted by atomic mass is 16.5. The molecule has 1 aromatic heterocycles. The van der Waals surface area contributed by atoms with Crippen molar-refractivity contribution in [1.82, 2.24) is 9.55 Å². The van der Waals surface area contributed by atoms with Gasteiger partial charge in [-0.2, -0.15) is 5.26 Å². The lowest BCUT2D eigenvalue weighted by Gasteiger charge is -2.28. The van der Waals surface area contributed by atoms with Crippen LogP contribution < -0.4 is 0 Å². The summed E-state index contributed by atoms with van der Waals surface area (Å²) in [6, 6.07) is 8.17. The third-order valence-corrected chi connectivity index (χ3v) is 3.97. The summed E-state index contributed by atoms with van der Waals surface area (Å²) < 4.78 is 7.26. The quantitative estimate of drug-likeness (QED) is 0.855. The van der Waals surface area contributed by atoms with Gasteiger partial charge in [0.05, 0.1) is 42.1 Å². The minimum Gasteiger partial charge on any atom is -0.378 e. The third-order valence-electron chi connectivity index (χ3n) is 3.97. The fraction of sp³-hybridized carbons (Fsp3) is 0.375. The number of nitriles is 1. The van der Waals surface area contributed by atoms with Gasteiger partial charge >= 0.3 is 0 Å². The van der Waals surface area contributed by atoms with Crippen LogP contribution in [-0.2, 0) is 11.3 Å². The first-order valence-electron chi connectivity index (χ1n) is 6.88. The molecule has 20 heavy (non-hydrogen) atoms. The van der Waals surface area contributed by atoms with Crippen molar-refractivity contribution < 1.29 is 4.74 Å². The zero-order valence-corrected chi connectivity index (χ0v) is 11.5. The maximum Gasteiger partial charge on any atom is 0.0995 e. The lowest BCUT2D eigenvalue weighted by atomic mass is 9.79. The molecule has 0 saturated heterocycles. The van der Waals surface area contributed by atoms with Crippen molar-refractivity contribution in [3.8, 4) is 11.8 Å². The second-order valence-corrected chi connectivity index (χ2v) is 5.20. The SMILES string of the molecule is COCc1cncn1-c1cc(C#N)ccc1C1CCC1. The molecule has 1 aliphatic carbocycles. The van der Waals surface area contributed by atoms with E-state index in [0.717, 1.165) is 11.4 Å². The summed E-state index contributed by atoms with van der Waals surface area (Å²) in [5.41, 5.74) is 4.06. The Labute approximate surface area is 118 Å². The number of aromatic nitrogens is 2. The Morgan fingerprint density at radius 3 is 2.95 bits per heavy atom. The number of ether oxygens (including phenoxy) is 1. The van der Waals surface area contributed by atoms with Crippen LogP contribution in [0.2, 0.25) is 0 Å². The maximum absolute atomic E-state index is 9.13. The predicted molar refractivity (Wildman–Crippen MR) is 75.6 cm³/mol. The molecule has 0 amide bonds. The Bertz CT molecular complexity index is 650. The molecule has 1 saturated carbocycles. The van der Waals surface area contributed by atoms with Crippen molar-refractivity contribution in [1.29, 1.82) is 5.26 Å². The van der Waals surface area contributed by atoms with Gasteiger partial charge < -0.3 is 9.30 Å². The van der Waals surface area contributed by atoms with Crippen molar-refractivity contribution in [3.05, 3.63) is 47.5 Å². The smallest absolute Gasteiger partial charge is 0.0995 e. The van der Waals surface area contributed by atoms with Gasteiger partial charge in [-0.1, -0.05) is 12.5 Å². The highest BCUT2D eigenvalue weighted by molar-refractivity contribution is 5.50. The van der Waals surface area contributed by atoms with E-state index >= 15 is 0 Å². The largest absolute Gasteiger partial charge is 0.378 e. The van der Waals surface area contributed by atoms with E-state index in [1.54, 1.807) is 13.4 Å². The number of nitrogens with zero attached hydrogens (tertiary/aromatic N) is 3. The molecule has 4 heteroatoms. The topological polar surface area (TPSA) is 50.8 Å². The molecule has 4 nitrogen and oxygen atoms in total. The molecule has 1 heterocycles. The van der Waals surface area contributed by atoms with Crippen LogP contribution in [0.4, 0.5) is 0 Å². The van der Waals surface area contributed by atoms with Crippen molar-refractivity contribution in [2.75, 3.05) is 7.11 Å². The summed E-state index contributed by atoms with van der Waals surface area (Å²) in [4.78, 5) is 4.22. The standard InChI is InChI=1S/C16H17N3O/c1-20-10-14-9-18-11-19(14)16-7-12(8-17)5-6-15(16)13-3-2-4-13/h5-7,9,11,13H,2-4,10H2,1H3. The van der Waals surface area contributed by atoms with Gasteiger partial charge in [0.25, 0.3) is 0 Å². The molecule has 3 rings (SSSR count). The van der Waals surface area contributed by atoms with Crippen LogP contribution in [0.3, 0.4) is 0 Å². The molecule has 0 radical (unpaired) electrons. The van der Waals surface area contributed by atoms with Gasteiger partial charge in [-0.25, -0.2) is 4.98 Å². The second kappa shape index (κ2) is 5.48. The average Bonchev–Trinajstić information content (AvgIpc) is 2.86. The lowest BCUT2D eigenvalue weighted by Crippen LogP contribution is -2.13. The fourth-order valence-electron chi connectivity index (χ4n) is 2.68. The molecule has 2 aromatic rings. The van der Waals surface area contributed by atoms with Gasteiger partial charge in [0.15, 0.2) is 0 Å². The summed E-state index contributed by atoms with van der Waals surface area (Å²) in [6.07, 6.45) is 7.36. The minimum absolute atomic E-state index is 0.515. The van der Waals surface area contributed by atoms with E-state index in [-0.39, 0.29) is 0 Å². The monoisotopic (exact) mass is 267 g/mol. The molecule has 1 aromatic carbocycles. The van der Waals surface area contributed by atoms with E-state index in [9.17, 15) is 0 Å². The summed E-state index contributed by atoms with van der Waals surface area (Å²) in [6.45, 7) is 0.515. The van der Waals surface area contributed by atoms with Crippen LogP contribution in [0, 0.1) is 11.3 Å². The molecule has 1 fully saturated rings. The average molecular weight is 267 g/mol. The van der Waals surface area contributed by atoms with Crippen molar-refractivity contribution in [3.63, 3.8) is 0 Å². The molecule has 0 spiro atoms. The van der Waals surface area contributed by atoms with E-state index < -0.39 is 0 Å². The fourth-order valence-corrected chi connectivity index (χ4v) is 2.68. The number of benzene rings is 1. The first kappa shape index (κ1) is 12.9. The van der Waals surface area contributed by atoms with Crippen LogP contribution in [0.15, 0.2) is 30.7 Å². The van der Waals surface area contributed by atoms with E-state index in [2.05, 4.69) is 17.1 Å². The van der Waals surface area contributed by atoms with Gasteiger partial charge in [0.1, 0.15) is 0 Å². The number of imidazole rings is 1. The number of methoxy groups -OCH3 is 1. The zero-order chi connectivity index (χ0) is 13.9. The number of rotatable bonds is 4. The summed E-state index contributed by atoms with van der Waals surface area (Å²) in [7, 11) is 1.68. The predicted octanol–water partition coefficient (Wildman–Crippen LogP) is 3.16. The molecule has 0 bridgehead atoms. The van der Waals surface area contributed by atoms with Gasteiger partial charge in [-0.3, -0.25) is 0 Å². The van der Waals surface area contributed by atoms with Crippen LogP contribution in [0.25, 0.3) is 5.69 Å². The van der Waals surface area contributed by atoms with Crippen LogP contribution >= 0.6 is 0 Å². The normalized spacial score (nSPS) is 14.8. The van der Waals surface area contributed by atoms with Crippen molar-refractivity contribution in [2.24, 2.45) is 0 Å². The molecule has 1 aliphatic rings. The van der Waals surface area contributed by atoms with E-state index in [4.69, 9.17) is 10.00 Å². The molecule has 0 atom stereocenters. The molecular formula is C16H17N3O. The Balaban J connectivity index is 2.09. The van der Waals surface area contributed by atoms with Gasteiger partial charge in [0.2, 0.25) is 0 Å². The van der Waals surface area contributed by atoms with Gasteiger partial charge in [-0.15, -0.1) is 0 Å². The first-order valence-corrected chi connectivity index (χ1v) is 6.88. The van der Waals surface area contributed by atoms with E-state index in [1.807, 2.05) is 22.9 Å². The highest BCUT2D eigenvalue weighted by Crippen LogP contribution is 2.39. The highest BCUT2D eigenvalue weighted by Gasteiger charge is 2.23. The molecule has 0 aliphatic heterocycles. The molecule has 102 valence electrons. The Hall–Kier alpha value is -2.12. The molecular weight excluding hydrogens is 250 g/mol. The van der Waals surface area contributed by atoms with E-state index in [1.165, 1.54) is 24.8 Å². The minimum atomic E-state index is 0.515. The first-order chi connectivity index (χ1) is 9.83. The third kappa shape index (κ3) is 2.21. The van der Waals surface area contributed by atoms with Crippen LogP contribution in [0.5, 0.6) is 0 Å². The van der Waals surface area contributed by atoms with Gasteiger partial charge in [-0.05, 0) is 36.5 Å². The summed E-state index contributed by atoms with van der Waals surface area (Å²) >= 11 is 0. The Morgan fingerprint density at radius 1 is 1.45 bits per heavy atom. The zero-order valence-electron chi connectivity index (χ0n) is 11.5. The van der Waals surface area contributed by atoms with Crippen LogP contribution in [-0.4, -0.2) is 16.7 Å².